The van der Waals surface area contributed by atoms with Gasteiger partial charge >= 0.3 is 0 Å². The summed E-state index contributed by atoms with van der Waals surface area (Å²) in [6, 6.07) is 0.748. The first kappa shape index (κ1) is 13.7. The van der Waals surface area contributed by atoms with Crippen molar-refractivity contribution < 1.29 is 4.74 Å². The van der Waals surface area contributed by atoms with Gasteiger partial charge in [0, 0.05) is 25.8 Å². The summed E-state index contributed by atoms with van der Waals surface area (Å²) in [6.07, 6.45) is 5.10. The molecule has 0 saturated carbocycles. The quantitative estimate of drug-likeness (QED) is 0.781. The first-order valence-corrected chi connectivity index (χ1v) is 7.71. The lowest BCUT2D eigenvalue weighted by Crippen LogP contribution is -2.49. The third-order valence-electron chi connectivity index (χ3n) is 4.70. The van der Waals surface area contributed by atoms with E-state index in [-0.39, 0.29) is 0 Å². The summed E-state index contributed by atoms with van der Waals surface area (Å²) in [4.78, 5) is 2.70. The van der Waals surface area contributed by atoms with Crippen LogP contribution in [0.5, 0.6) is 0 Å². The van der Waals surface area contributed by atoms with E-state index < -0.39 is 0 Å². The molecule has 0 radical (unpaired) electrons. The van der Waals surface area contributed by atoms with Crippen molar-refractivity contribution >= 4 is 12.6 Å². The van der Waals surface area contributed by atoms with Crippen molar-refractivity contribution in [2.24, 2.45) is 11.3 Å². The van der Waals surface area contributed by atoms with Crippen LogP contribution < -0.4 is 0 Å². The number of hydrogen-bond donors (Lipinski definition) is 1. The first-order chi connectivity index (χ1) is 8.15. The second kappa shape index (κ2) is 5.94. The molecule has 0 bridgehead atoms. The lowest BCUT2D eigenvalue weighted by atomic mass is 9.80. The normalized spacial score (nSPS) is 34.8. The fourth-order valence-electron chi connectivity index (χ4n) is 3.29. The summed E-state index contributed by atoms with van der Waals surface area (Å²) in [5, 5.41) is 0. The van der Waals surface area contributed by atoms with Crippen molar-refractivity contribution in [3.8, 4) is 0 Å². The molecule has 0 aliphatic carbocycles. The summed E-state index contributed by atoms with van der Waals surface area (Å²) >= 11 is 4.61. The number of piperidine rings is 1. The molecule has 0 spiro atoms. The highest BCUT2D eigenvalue weighted by molar-refractivity contribution is 7.80. The monoisotopic (exact) mass is 257 g/mol. The van der Waals surface area contributed by atoms with Gasteiger partial charge in [0.25, 0.3) is 0 Å². The molecule has 0 aromatic rings. The minimum absolute atomic E-state index is 0.413. The Balaban J connectivity index is 1.93. The van der Waals surface area contributed by atoms with Gasteiger partial charge in [-0.2, -0.15) is 12.6 Å². The number of rotatable bonds is 3. The van der Waals surface area contributed by atoms with E-state index in [2.05, 4.69) is 31.4 Å². The van der Waals surface area contributed by atoms with E-state index in [1.54, 1.807) is 0 Å². The highest BCUT2D eigenvalue weighted by atomic mass is 32.1. The molecule has 0 aromatic carbocycles. The Kier molecular flexibility index (Phi) is 4.79. The summed E-state index contributed by atoms with van der Waals surface area (Å²) in [5.41, 5.74) is 0.413. The number of thiol groups is 1. The van der Waals surface area contributed by atoms with E-state index in [0.717, 1.165) is 30.9 Å². The van der Waals surface area contributed by atoms with Crippen molar-refractivity contribution in [1.82, 2.24) is 4.90 Å². The third-order valence-corrected chi connectivity index (χ3v) is 5.37. The van der Waals surface area contributed by atoms with Crippen LogP contribution in [0, 0.1) is 11.3 Å². The molecule has 2 heterocycles. The Morgan fingerprint density at radius 3 is 2.59 bits per heavy atom. The molecule has 2 unspecified atom stereocenters. The van der Waals surface area contributed by atoms with Crippen LogP contribution in [0.1, 0.15) is 39.5 Å². The molecule has 2 nitrogen and oxygen atoms in total. The SMILES string of the molecule is CC1CCN(CC2(CS)CCOCC2)C(C)C1. The van der Waals surface area contributed by atoms with Gasteiger partial charge in [0.15, 0.2) is 0 Å². The highest BCUT2D eigenvalue weighted by Gasteiger charge is 2.35. The highest BCUT2D eigenvalue weighted by Crippen LogP contribution is 2.35. The second-order valence-corrected chi connectivity index (χ2v) is 6.54. The summed E-state index contributed by atoms with van der Waals surface area (Å²) in [6.45, 7) is 9.14. The van der Waals surface area contributed by atoms with Gasteiger partial charge in [0.05, 0.1) is 0 Å². The lowest BCUT2D eigenvalue weighted by molar-refractivity contribution is -0.00763. The Hall–Kier alpha value is 0.270. The topological polar surface area (TPSA) is 12.5 Å². The van der Waals surface area contributed by atoms with Gasteiger partial charge in [0.1, 0.15) is 0 Å². The Morgan fingerprint density at radius 1 is 1.29 bits per heavy atom. The van der Waals surface area contributed by atoms with Crippen LogP contribution >= 0.6 is 12.6 Å². The van der Waals surface area contributed by atoms with Gasteiger partial charge in [-0.1, -0.05) is 6.92 Å². The first-order valence-electron chi connectivity index (χ1n) is 7.08. The average molecular weight is 257 g/mol. The molecule has 100 valence electrons. The predicted octanol–water partition coefficient (Wildman–Crippen LogP) is 2.83. The van der Waals surface area contributed by atoms with E-state index in [1.165, 1.54) is 38.8 Å². The minimum Gasteiger partial charge on any atom is -0.381 e. The van der Waals surface area contributed by atoms with E-state index in [4.69, 9.17) is 4.74 Å². The van der Waals surface area contributed by atoms with Crippen molar-refractivity contribution in [2.75, 3.05) is 32.1 Å². The standard InChI is InChI=1S/C14H27NOS/c1-12-3-6-15(13(2)9-12)10-14(11-17)4-7-16-8-5-14/h12-13,17H,3-11H2,1-2H3. The Bertz CT molecular complexity index is 240. The van der Waals surface area contributed by atoms with Crippen LogP contribution in [0.3, 0.4) is 0 Å². The molecule has 0 N–H and O–H groups in total. The summed E-state index contributed by atoms with van der Waals surface area (Å²) in [7, 11) is 0. The van der Waals surface area contributed by atoms with Crippen LogP contribution in [0.4, 0.5) is 0 Å². The molecule has 2 atom stereocenters. The summed E-state index contributed by atoms with van der Waals surface area (Å²) < 4.78 is 5.51. The van der Waals surface area contributed by atoms with Crippen LogP contribution in [0.25, 0.3) is 0 Å². The largest absolute Gasteiger partial charge is 0.381 e. The third kappa shape index (κ3) is 3.39. The molecule has 0 amide bonds. The van der Waals surface area contributed by atoms with Gasteiger partial charge in [-0.05, 0) is 56.2 Å². The molecule has 0 aromatic heterocycles. The number of hydrogen-bond acceptors (Lipinski definition) is 3. The number of nitrogens with zero attached hydrogens (tertiary/aromatic N) is 1. The van der Waals surface area contributed by atoms with Crippen molar-refractivity contribution in [3.05, 3.63) is 0 Å². The van der Waals surface area contributed by atoms with Crippen LogP contribution in [-0.2, 0) is 4.74 Å². The van der Waals surface area contributed by atoms with Crippen LogP contribution in [-0.4, -0.2) is 43.0 Å². The molecule has 2 fully saturated rings. The fraction of sp³-hybridized carbons (Fsp3) is 1.00. The lowest BCUT2D eigenvalue weighted by Gasteiger charge is -2.45. The van der Waals surface area contributed by atoms with Gasteiger partial charge in [-0.25, -0.2) is 0 Å². The van der Waals surface area contributed by atoms with E-state index in [1.807, 2.05) is 0 Å². The molecule has 2 rings (SSSR count). The van der Waals surface area contributed by atoms with Crippen molar-refractivity contribution in [1.29, 1.82) is 0 Å². The van der Waals surface area contributed by atoms with Crippen molar-refractivity contribution in [2.45, 2.75) is 45.6 Å². The maximum atomic E-state index is 5.51. The molecule has 2 aliphatic rings. The van der Waals surface area contributed by atoms with E-state index in [0.29, 0.717) is 5.41 Å². The van der Waals surface area contributed by atoms with Gasteiger partial charge in [0.2, 0.25) is 0 Å². The maximum Gasteiger partial charge on any atom is 0.0472 e. The molecule has 17 heavy (non-hydrogen) atoms. The zero-order chi connectivity index (χ0) is 12.3. The van der Waals surface area contributed by atoms with E-state index >= 15 is 0 Å². The number of likely N-dealkylation sites (tertiary alicyclic amines) is 1. The average Bonchev–Trinajstić information content (AvgIpc) is 2.34. The summed E-state index contributed by atoms with van der Waals surface area (Å²) in [5.74, 6) is 1.91. The van der Waals surface area contributed by atoms with E-state index in [9.17, 15) is 0 Å². The van der Waals surface area contributed by atoms with Crippen LogP contribution in [0.15, 0.2) is 0 Å². The smallest absolute Gasteiger partial charge is 0.0472 e. The zero-order valence-electron chi connectivity index (χ0n) is 11.3. The predicted molar refractivity (Wildman–Crippen MR) is 75.8 cm³/mol. The molecular weight excluding hydrogens is 230 g/mol. The van der Waals surface area contributed by atoms with Crippen molar-refractivity contribution in [3.63, 3.8) is 0 Å². The van der Waals surface area contributed by atoms with Gasteiger partial charge in [-0.3, -0.25) is 0 Å². The van der Waals surface area contributed by atoms with Gasteiger partial charge in [-0.15, -0.1) is 0 Å². The zero-order valence-corrected chi connectivity index (χ0v) is 12.2. The molecule has 3 heteroatoms. The molecule has 2 saturated heterocycles. The molecular formula is C14H27NOS. The second-order valence-electron chi connectivity index (χ2n) is 6.22. The van der Waals surface area contributed by atoms with Gasteiger partial charge < -0.3 is 9.64 Å². The van der Waals surface area contributed by atoms with Crippen LogP contribution in [0.2, 0.25) is 0 Å². The Morgan fingerprint density at radius 2 is 2.00 bits per heavy atom. The minimum atomic E-state index is 0.413. The fourth-order valence-corrected chi connectivity index (χ4v) is 3.71. The number of ether oxygens (including phenoxy) is 1. The Labute approximate surface area is 112 Å². The molecule has 2 aliphatic heterocycles. The maximum absolute atomic E-state index is 5.51.